The van der Waals surface area contributed by atoms with E-state index in [4.69, 9.17) is 5.73 Å². The molecule has 2 aromatic carbocycles. The Morgan fingerprint density at radius 1 is 1.00 bits per heavy atom. The van der Waals surface area contributed by atoms with Crippen molar-refractivity contribution in [3.8, 4) is 11.1 Å². The normalized spacial score (nSPS) is 10.4. The molecule has 22 heavy (non-hydrogen) atoms. The van der Waals surface area contributed by atoms with Gasteiger partial charge in [-0.15, -0.1) is 0 Å². The number of amides is 1. The maximum absolute atomic E-state index is 11.6. The lowest BCUT2D eigenvalue weighted by molar-refractivity contribution is -0.128. The van der Waals surface area contributed by atoms with Crippen molar-refractivity contribution in [1.29, 1.82) is 0 Å². The summed E-state index contributed by atoms with van der Waals surface area (Å²) in [6, 6.07) is 16.7. The zero-order valence-electron chi connectivity index (χ0n) is 13.4. The fraction of sp³-hybridized carbons (Fsp3) is 0.278. The summed E-state index contributed by atoms with van der Waals surface area (Å²) >= 11 is 0. The quantitative estimate of drug-likeness (QED) is 0.921. The highest BCUT2D eigenvalue weighted by Crippen LogP contribution is 2.23. The number of likely N-dealkylation sites (N-methyl/N-ethyl adjacent to an activating group) is 1. The molecule has 0 spiro atoms. The lowest BCUT2D eigenvalue weighted by Crippen LogP contribution is -2.32. The second kappa shape index (κ2) is 7.09. The summed E-state index contributed by atoms with van der Waals surface area (Å²) < 4.78 is 0. The SMILES string of the molecule is CN(Cc1cccc(-c2ccc(N(C)C)cc2)c1)C(=O)CN. The van der Waals surface area contributed by atoms with Gasteiger partial charge in [-0.2, -0.15) is 0 Å². The first kappa shape index (κ1) is 16.0. The van der Waals surface area contributed by atoms with E-state index in [2.05, 4.69) is 41.3 Å². The van der Waals surface area contributed by atoms with E-state index in [1.807, 2.05) is 26.2 Å². The fourth-order valence-electron chi connectivity index (χ4n) is 2.32. The molecule has 4 nitrogen and oxygen atoms in total. The Hall–Kier alpha value is -2.33. The number of anilines is 1. The van der Waals surface area contributed by atoms with Crippen molar-refractivity contribution >= 4 is 11.6 Å². The maximum atomic E-state index is 11.6. The van der Waals surface area contributed by atoms with Crippen molar-refractivity contribution in [2.45, 2.75) is 6.54 Å². The third-order valence-corrected chi connectivity index (χ3v) is 3.66. The van der Waals surface area contributed by atoms with Gasteiger partial charge in [0.1, 0.15) is 0 Å². The first-order chi connectivity index (χ1) is 10.5. The zero-order chi connectivity index (χ0) is 16.1. The summed E-state index contributed by atoms with van der Waals surface area (Å²) in [4.78, 5) is 15.3. The molecule has 0 heterocycles. The van der Waals surface area contributed by atoms with E-state index in [0.717, 1.165) is 11.1 Å². The van der Waals surface area contributed by atoms with Crippen molar-refractivity contribution in [1.82, 2.24) is 4.90 Å². The molecule has 0 atom stereocenters. The molecule has 0 aromatic heterocycles. The predicted octanol–water partition coefficient (Wildman–Crippen LogP) is 2.34. The molecule has 0 unspecified atom stereocenters. The highest BCUT2D eigenvalue weighted by molar-refractivity contribution is 5.77. The minimum absolute atomic E-state index is 0.0438. The topological polar surface area (TPSA) is 49.6 Å². The van der Waals surface area contributed by atoms with Crippen LogP contribution < -0.4 is 10.6 Å². The first-order valence-corrected chi connectivity index (χ1v) is 7.32. The molecule has 0 saturated carbocycles. The summed E-state index contributed by atoms with van der Waals surface area (Å²) in [6.07, 6.45) is 0. The van der Waals surface area contributed by atoms with Crippen molar-refractivity contribution in [3.63, 3.8) is 0 Å². The van der Waals surface area contributed by atoms with E-state index in [1.54, 1.807) is 11.9 Å². The van der Waals surface area contributed by atoms with Crippen molar-refractivity contribution in [2.75, 3.05) is 32.6 Å². The number of carbonyl (C=O) groups excluding carboxylic acids is 1. The van der Waals surface area contributed by atoms with Crippen LogP contribution in [0.3, 0.4) is 0 Å². The van der Waals surface area contributed by atoms with Gasteiger partial charge in [-0.05, 0) is 34.9 Å². The van der Waals surface area contributed by atoms with E-state index in [0.29, 0.717) is 6.54 Å². The summed E-state index contributed by atoms with van der Waals surface area (Å²) in [7, 11) is 5.83. The van der Waals surface area contributed by atoms with Crippen LogP contribution in [-0.2, 0) is 11.3 Å². The van der Waals surface area contributed by atoms with Gasteiger partial charge in [0.2, 0.25) is 5.91 Å². The Labute approximate surface area is 132 Å². The molecule has 0 aliphatic carbocycles. The van der Waals surface area contributed by atoms with E-state index in [-0.39, 0.29) is 12.5 Å². The van der Waals surface area contributed by atoms with Crippen LogP contribution in [0.5, 0.6) is 0 Å². The minimum Gasteiger partial charge on any atom is -0.378 e. The Bertz CT molecular complexity index is 635. The molecule has 4 heteroatoms. The predicted molar refractivity (Wildman–Crippen MR) is 91.7 cm³/mol. The Kier molecular flexibility index (Phi) is 5.17. The van der Waals surface area contributed by atoms with Gasteiger partial charge >= 0.3 is 0 Å². The third kappa shape index (κ3) is 3.86. The number of carbonyl (C=O) groups is 1. The number of nitrogens with zero attached hydrogens (tertiary/aromatic N) is 2. The molecule has 116 valence electrons. The molecular formula is C18H23N3O. The van der Waals surface area contributed by atoms with Crippen LogP contribution >= 0.6 is 0 Å². The van der Waals surface area contributed by atoms with Gasteiger partial charge in [-0.1, -0.05) is 30.3 Å². The maximum Gasteiger partial charge on any atom is 0.236 e. The summed E-state index contributed by atoms with van der Waals surface area (Å²) in [5, 5.41) is 0. The molecule has 0 bridgehead atoms. The molecule has 0 saturated heterocycles. The highest BCUT2D eigenvalue weighted by Gasteiger charge is 2.07. The minimum atomic E-state index is -0.0549. The fourth-order valence-corrected chi connectivity index (χ4v) is 2.32. The van der Waals surface area contributed by atoms with Gasteiger partial charge in [-0.3, -0.25) is 4.79 Å². The number of hydrogen-bond donors (Lipinski definition) is 1. The number of benzene rings is 2. The first-order valence-electron chi connectivity index (χ1n) is 7.32. The van der Waals surface area contributed by atoms with Gasteiger partial charge in [0.25, 0.3) is 0 Å². The van der Waals surface area contributed by atoms with Crippen LogP contribution in [0.4, 0.5) is 5.69 Å². The Morgan fingerprint density at radius 3 is 2.27 bits per heavy atom. The largest absolute Gasteiger partial charge is 0.378 e. The standard InChI is InChI=1S/C18H23N3O/c1-20(2)17-9-7-15(8-10-17)16-6-4-5-14(11-16)13-21(3)18(22)12-19/h4-11H,12-13,19H2,1-3H3. The van der Waals surface area contributed by atoms with Gasteiger partial charge in [0, 0.05) is 33.4 Å². The molecule has 0 aliphatic rings. The van der Waals surface area contributed by atoms with Crippen LogP contribution in [0.2, 0.25) is 0 Å². The van der Waals surface area contributed by atoms with Crippen LogP contribution in [-0.4, -0.2) is 38.5 Å². The lowest BCUT2D eigenvalue weighted by atomic mass is 10.0. The second-order valence-electron chi connectivity index (χ2n) is 5.60. The molecule has 1 amide bonds. The van der Waals surface area contributed by atoms with Gasteiger partial charge in [-0.25, -0.2) is 0 Å². The van der Waals surface area contributed by atoms with Crippen molar-refractivity contribution in [3.05, 3.63) is 54.1 Å². The van der Waals surface area contributed by atoms with Crippen LogP contribution in [0.25, 0.3) is 11.1 Å². The molecule has 2 rings (SSSR count). The van der Waals surface area contributed by atoms with E-state index in [9.17, 15) is 4.79 Å². The Balaban J connectivity index is 2.19. The van der Waals surface area contributed by atoms with Crippen LogP contribution in [0.15, 0.2) is 48.5 Å². The molecule has 2 aromatic rings. The molecule has 0 radical (unpaired) electrons. The smallest absolute Gasteiger partial charge is 0.236 e. The number of nitrogens with two attached hydrogens (primary N) is 1. The zero-order valence-corrected chi connectivity index (χ0v) is 13.4. The van der Waals surface area contributed by atoms with Crippen LogP contribution in [0.1, 0.15) is 5.56 Å². The summed E-state index contributed by atoms with van der Waals surface area (Å²) in [5.41, 5.74) is 9.98. The number of hydrogen-bond acceptors (Lipinski definition) is 3. The van der Waals surface area contributed by atoms with Gasteiger partial charge in [0.05, 0.1) is 6.54 Å². The lowest BCUT2D eigenvalue weighted by Gasteiger charge is -2.17. The third-order valence-electron chi connectivity index (χ3n) is 3.66. The van der Waals surface area contributed by atoms with E-state index in [1.165, 1.54) is 11.3 Å². The van der Waals surface area contributed by atoms with E-state index >= 15 is 0 Å². The van der Waals surface area contributed by atoms with Gasteiger partial charge < -0.3 is 15.5 Å². The summed E-state index contributed by atoms with van der Waals surface area (Å²) in [5.74, 6) is -0.0549. The molecular weight excluding hydrogens is 274 g/mol. The molecule has 0 aliphatic heterocycles. The molecule has 2 N–H and O–H groups in total. The Morgan fingerprint density at radius 2 is 1.68 bits per heavy atom. The highest BCUT2D eigenvalue weighted by atomic mass is 16.2. The second-order valence-corrected chi connectivity index (χ2v) is 5.60. The molecule has 0 fully saturated rings. The van der Waals surface area contributed by atoms with Gasteiger partial charge in [0.15, 0.2) is 0 Å². The monoisotopic (exact) mass is 297 g/mol. The number of rotatable bonds is 5. The average molecular weight is 297 g/mol. The van der Waals surface area contributed by atoms with Crippen molar-refractivity contribution in [2.24, 2.45) is 5.73 Å². The van der Waals surface area contributed by atoms with E-state index < -0.39 is 0 Å². The summed E-state index contributed by atoms with van der Waals surface area (Å²) in [6.45, 7) is 0.613. The van der Waals surface area contributed by atoms with Crippen molar-refractivity contribution < 1.29 is 4.79 Å². The van der Waals surface area contributed by atoms with Crippen LogP contribution in [0, 0.1) is 0 Å². The average Bonchev–Trinajstić information content (AvgIpc) is 2.54.